The van der Waals surface area contributed by atoms with Gasteiger partial charge in [-0.2, -0.15) is 0 Å². The zero-order valence-corrected chi connectivity index (χ0v) is 15.0. The van der Waals surface area contributed by atoms with Crippen molar-refractivity contribution in [1.29, 1.82) is 0 Å². The van der Waals surface area contributed by atoms with Crippen LogP contribution < -0.4 is 9.47 Å². The summed E-state index contributed by atoms with van der Waals surface area (Å²) in [6.45, 7) is 6.31. The summed E-state index contributed by atoms with van der Waals surface area (Å²) < 4.78 is 11.0. The third-order valence-corrected chi connectivity index (χ3v) is 3.95. The van der Waals surface area contributed by atoms with Crippen molar-refractivity contribution in [3.05, 3.63) is 59.2 Å². The van der Waals surface area contributed by atoms with E-state index < -0.39 is 6.10 Å². The first-order valence-electron chi connectivity index (χ1n) is 8.02. The minimum Gasteiger partial charge on any atom is -0.497 e. The van der Waals surface area contributed by atoms with Crippen LogP contribution in [0.5, 0.6) is 11.5 Å². The van der Waals surface area contributed by atoms with E-state index in [-0.39, 0.29) is 5.91 Å². The summed E-state index contributed by atoms with van der Waals surface area (Å²) in [7, 11) is 3.42. The number of hydrogen-bond donors (Lipinski definition) is 0. The van der Waals surface area contributed by atoms with Crippen LogP contribution in [0.25, 0.3) is 0 Å². The maximum atomic E-state index is 12.5. The normalized spacial score (nSPS) is 11.7. The first-order valence-corrected chi connectivity index (χ1v) is 8.02. The van der Waals surface area contributed by atoms with Gasteiger partial charge < -0.3 is 14.4 Å². The number of carbonyl (C=O) groups excluding carboxylic acids is 1. The van der Waals surface area contributed by atoms with Gasteiger partial charge in [-0.05, 0) is 55.7 Å². The second-order valence-corrected chi connectivity index (χ2v) is 6.07. The van der Waals surface area contributed by atoms with Gasteiger partial charge in [0.05, 0.1) is 7.11 Å². The highest BCUT2D eigenvalue weighted by atomic mass is 16.5. The summed E-state index contributed by atoms with van der Waals surface area (Å²) in [4.78, 5) is 14.2. The highest BCUT2D eigenvalue weighted by Crippen LogP contribution is 2.21. The molecule has 0 heterocycles. The Morgan fingerprint density at radius 2 is 1.79 bits per heavy atom. The zero-order chi connectivity index (χ0) is 17.7. The van der Waals surface area contributed by atoms with Crippen LogP contribution in [0.2, 0.25) is 0 Å². The summed E-state index contributed by atoms with van der Waals surface area (Å²) in [6.07, 6.45) is -0.534. The molecule has 1 amide bonds. The van der Waals surface area contributed by atoms with Gasteiger partial charge >= 0.3 is 0 Å². The van der Waals surface area contributed by atoms with Crippen molar-refractivity contribution in [2.75, 3.05) is 14.2 Å². The lowest BCUT2D eigenvalue weighted by molar-refractivity contribution is -0.137. The average molecular weight is 327 g/mol. The molecule has 0 saturated carbocycles. The first-order chi connectivity index (χ1) is 11.4. The molecule has 4 nitrogen and oxygen atoms in total. The Morgan fingerprint density at radius 1 is 1.12 bits per heavy atom. The van der Waals surface area contributed by atoms with E-state index in [0.717, 1.165) is 28.2 Å². The van der Waals surface area contributed by atoms with E-state index in [4.69, 9.17) is 9.47 Å². The van der Waals surface area contributed by atoms with Crippen LogP contribution >= 0.6 is 0 Å². The maximum absolute atomic E-state index is 12.5. The Kier molecular flexibility index (Phi) is 5.85. The molecule has 0 bridgehead atoms. The minimum absolute atomic E-state index is 0.0493. The van der Waals surface area contributed by atoms with Gasteiger partial charge in [0.15, 0.2) is 6.10 Å². The average Bonchev–Trinajstić information content (AvgIpc) is 2.58. The lowest BCUT2D eigenvalue weighted by Crippen LogP contribution is -2.37. The molecule has 24 heavy (non-hydrogen) atoms. The fourth-order valence-electron chi connectivity index (χ4n) is 2.47. The van der Waals surface area contributed by atoms with Gasteiger partial charge in [-0.3, -0.25) is 4.79 Å². The summed E-state index contributed by atoms with van der Waals surface area (Å²) >= 11 is 0. The first kappa shape index (κ1) is 17.9. The largest absolute Gasteiger partial charge is 0.497 e. The quantitative estimate of drug-likeness (QED) is 0.811. The van der Waals surface area contributed by atoms with E-state index in [0.29, 0.717) is 6.54 Å². The van der Waals surface area contributed by atoms with Crippen LogP contribution in [0.3, 0.4) is 0 Å². The molecular formula is C20H25NO3. The third-order valence-electron chi connectivity index (χ3n) is 3.95. The molecule has 128 valence electrons. The van der Waals surface area contributed by atoms with Crippen LogP contribution in [0.4, 0.5) is 0 Å². The summed E-state index contributed by atoms with van der Waals surface area (Å²) in [5.74, 6) is 1.51. The Labute approximate surface area is 144 Å². The molecule has 0 N–H and O–H groups in total. The van der Waals surface area contributed by atoms with Crippen LogP contribution in [-0.4, -0.2) is 31.1 Å². The fourth-order valence-corrected chi connectivity index (χ4v) is 2.47. The van der Waals surface area contributed by atoms with Crippen molar-refractivity contribution in [1.82, 2.24) is 4.90 Å². The number of amides is 1. The molecule has 2 aromatic rings. The van der Waals surface area contributed by atoms with Gasteiger partial charge in [0.2, 0.25) is 0 Å². The third kappa shape index (κ3) is 4.51. The van der Waals surface area contributed by atoms with E-state index in [2.05, 4.69) is 0 Å². The molecule has 0 aliphatic rings. The lowest BCUT2D eigenvalue weighted by Gasteiger charge is -2.23. The Hall–Kier alpha value is -2.49. The molecule has 0 aliphatic heterocycles. The molecule has 0 aliphatic carbocycles. The minimum atomic E-state index is -0.534. The summed E-state index contributed by atoms with van der Waals surface area (Å²) in [5, 5.41) is 0. The predicted octanol–water partition coefficient (Wildman–Crippen LogP) is 3.74. The van der Waals surface area contributed by atoms with Gasteiger partial charge in [-0.25, -0.2) is 0 Å². The molecule has 4 heteroatoms. The van der Waals surface area contributed by atoms with E-state index in [1.165, 1.54) is 0 Å². The maximum Gasteiger partial charge on any atom is 0.263 e. The SMILES string of the molecule is COc1ccc(CN(C)C(=O)[C@H](C)Oc2cc(C)ccc2C)cc1. The highest BCUT2D eigenvalue weighted by molar-refractivity contribution is 5.80. The number of aryl methyl sites for hydroxylation is 2. The second-order valence-electron chi connectivity index (χ2n) is 6.07. The molecule has 0 saturated heterocycles. The summed E-state index contributed by atoms with van der Waals surface area (Å²) in [5.41, 5.74) is 3.19. The lowest BCUT2D eigenvalue weighted by atomic mass is 10.1. The van der Waals surface area contributed by atoms with Crippen molar-refractivity contribution in [2.24, 2.45) is 0 Å². The van der Waals surface area contributed by atoms with E-state index in [1.807, 2.05) is 56.3 Å². The Balaban J connectivity index is 1.99. The van der Waals surface area contributed by atoms with Crippen LogP contribution in [0, 0.1) is 13.8 Å². The smallest absolute Gasteiger partial charge is 0.263 e. The Morgan fingerprint density at radius 3 is 2.42 bits per heavy atom. The molecule has 2 aromatic carbocycles. The number of likely N-dealkylation sites (N-methyl/N-ethyl adjacent to an activating group) is 1. The van der Waals surface area contributed by atoms with Crippen LogP contribution in [0.15, 0.2) is 42.5 Å². The second kappa shape index (κ2) is 7.86. The molecule has 1 atom stereocenters. The van der Waals surface area contributed by atoms with Crippen molar-refractivity contribution >= 4 is 5.91 Å². The van der Waals surface area contributed by atoms with E-state index in [9.17, 15) is 4.79 Å². The highest BCUT2D eigenvalue weighted by Gasteiger charge is 2.20. The van der Waals surface area contributed by atoms with Crippen molar-refractivity contribution in [3.63, 3.8) is 0 Å². The molecular weight excluding hydrogens is 302 g/mol. The number of hydrogen-bond acceptors (Lipinski definition) is 3. The van der Waals surface area contributed by atoms with Crippen LogP contribution in [0.1, 0.15) is 23.6 Å². The fraction of sp³-hybridized carbons (Fsp3) is 0.350. The molecule has 0 radical (unpaired) electrons. The topological polar surface area (TPSA) is 38.8 Å². The molecule has 0 spiro atoms. The predicted molar refractivity (Wildman–Crippen MR) is 95.5 cm³/mol. The monoisotopic (exact) mass is 327 g/mol. The van der Waals surface area contributed by atoms with Gasteiger partial charge in [-0.1, -0.05) is 24.3 Å². The van der Waals surface area contributed by atoms with Crippen LogP contribution in [-0.2, 0) is 11.3 Å². The van der Waals surface area contributed by atoms with E-state index in [1.54, 1.807) is 26.0 Å². The van der Waals surface area contributed by atoms with Gasteiger partial charge in [0.25, 0.3) is 5.91 Å². The van der Waals surface area contributed by atoms with Crippen molar-refractivity contribution in [3.8, 4) is 11.5 Å². The molecule has 0 fully saturated rings. The number of carbonyl (C=O) groups is 1. The number of benzene rings is 2. The number of methoxy groups -OCH3 is 1. The van der Waals surface area contributed by atoms with Gasteiger partial charge in [-0.15, -0.1) is 0 Å². The molecule has 0 aromatic heterocycles. The van der Waals surface area contributed by atoms with E-state index >= 15 is 0 Å². The molecule has 0 unspecified atom stereocenters. The molecule has 2 rings (SSSR count). The summed E-state index contributed by atoms with van der Waals surface area (Å²) in [6, 6.07) is 13.7. The number of ether oxygens (including phenoxy) is 2. The van der Waals surface area contributed by atoms with Crippen molar-refractivity contribution < 1.29 is 14.3 Å². The Bertz CT molecular complexity index is 695. The van der Waals surface area contributed by atoms with Gasteiger partial charge in [0.1, 0.15) is 11.5 Å². The van der Waals surface area contributed by atoms with Gasteiger partial charge in [0, 0.05) is 13.6 Å². The van der Waals surface area contributed by atoms with Crippen molar-refractivity contribution in [2.45, 2.75) is 33.4 Å². The zero-order valence-electron chi connectivity index (χ0n) is 15.0. The number of rotatable bonds is 6. The standard InChI is InChI=1S/C20H25NO3/c1-14-6-7-15(2)19(12-14)24-16(3)20(22)21(4)13-17-8-10-18(23-5)11-9-17/h6-12,16H,13H2,1-5H3/t16-/m0/s1. The number of nitrogens with zero attached hydrogens (tertiary/aromatic N) is 1.